The summed E-state index contributed by atoms with van der Waals surface area (Å²) in [5.74, 6) is 1.39. The molecule has 112 valence electrons. The summed E-state index contributed by atoms with van der Waals surface area (Å²) in [5, 5.41) is 15.5. The summed E-state index contributed by atoms with van der Waals surface area (Å²) in [6.07, 6.45) is 4.99. The van der Waals surface area contributed by atoms with Crippen LogP contribution in [0, 0.1) is 5.92 Å². The first-order valence-electron chi connectivity index (χ1n) is 7.76. The zero-order valence-corrected chi connectivity index (χ0v) is 12.8. The largest absolute Gasteiger partial charge is 0.385 e. The van der Waals surface area contributed by atoms with Gasteiger partial charge in [-0.3, -0.25) is 0 Å². The molecule has 2 aromatic rings. The molecule has 3 rings (SSSR count). The molecule has 4 heteroatoms. The van der Waals surface area contributed by atoms with Crippen molar-refractivity contribution in [2.45, 2.75) is 51.7 Å². The van der Waals surface area contributed by atoms with Gasteiger partial charge in [0.15, 0.2) is 0 Å². The molecule has 1 aromatic carbocycles. The van der Waals surface area contributed by atoms with Gasteiger partial charge in [0.2, 0.25) is 0 Å². The lowest BCUT2D eigenvalue weighted by Crippen LogP contribution is -2.34. The lowest BCUT2D eigenvalue weighted by atomic mass is 9.77. The van der Waals surface area contributed by atoms with Gasteiger partial charge >= 0.3 is 0 Å². The van der Waals surface area contributed by atoms with Crippen LogP contribution >= 0.6 is 0 Å². The molecule has 1 aromatic heterocycles. The van der Waals surface area contributed by atoms with Crippen molar-refractivity contribution in [3.63, 3.8) is 0 Å². The Kier molecular flexibility index (Phi) is 3.81. The molecule has 0 saturated heterocycles. The summed E-state index contributed by atoms with van der Waals surface area (Å²) in [5.41, 5.74) is 1.52. The minimum atomic E-state index is -0.809. The maximum absolute atomic E-state index is 11.2. The monoisotopic (exact) mass is 285 g/mol. The molecule has 0 saturated carbocycles. The number of aromatic nitrogens is 3. The maximum Gasteiger partial charge on any atom is 0.138 e. The number of benzene rings is 1. The molecule has 0 amide bonds. The van der Waals surface area contributed by atoms with E-state index in [1.54, 1.807) is 6.33 Å². The summed E-state index contributed by atoms with van der Waals surface area (Å²) < 4.78 is 1.93. The lowest BCUT2D eigenvalue weighted by Gasteiger charge is -2.34. The van der Waals surface area contributed by atoms with E-state index in [0.29, 0.717) is 12.3 Å². The Balaban J connectivity index is 1.90. The standard InChI is InChI=1S/C17H23N3O/c1-13(2)11-20-16(18-12-19-20)10-17(21)9-5-7-14-6-3-4-8-15(14)17/h3-4,6,8,12-13,21H,5,7,9-11H2,1-2H3. The lowest BCUT2D eigenvalue weighted by molar-refractivity contribution is 0.0159. The van der Waals surface area contributed by atoms with Gasteiger partial charge < -0.3 is 5.11 Å². The van der Waals surface area contributed by atoms with E-state index in [2.05, 4.69) is 36.1 Å². The summed E-state index contributed by atoms with van der Waals surface area (Å²) in [4.78, 5) is 4.37. The predicted octanol–water partition coefficient (Wildman–Crippen LogP) is 2.70. The molecule has 21 heavy (non-hydrogen) atoms. The molecule has 0 bridgehead atoms. The molecular weight excluding hydrogens is 262 g/mol. The Bertz CT molecular complexity index is 620. The third kappa shape index (κ3) is 2.86. The van der Waals surface area contributed by atoms with Crippen molar-refractivity contribution < 1.29 is 5.11 Å². The Morgan fingerprint density at radius 1 is 1.33 bits per heavy atom. The molecule has 0 radical (unpaired) electrons. The van der Waals surface area contributed by atoms with Crippen molar-refractivity contribution in [1.82, 2.24) is 14.8 Å². The Morgan fingerprint density at radius 2 is 2.14 bits per heavy atom. The first kappa shape index (κ1) is 14.3. The summed E-state index contributed by atoms with van der Waals surface area (Å²) in [7, 11) is 0. The molecule has 0 fully saturated rings. The van der Waals surface area contributed by atoms with Gasteiger partial charge in [-0.2, -0.15) is 5.10 Å². The van der Waals surface area contributed by atoms with E-state index in [-0.39, 0.29) is 0 Å². The number of fused-ring (bicyclic) bond motifs is 1. The van der Waals surface area contributed by atoms with Crippen molar-refractivity contribution in [3.8, 4) is 0 Å². The number of hydrogen-bond donors (Lipinski definition) is 1. The van der Waals surface area contributed by atoms with E-state index in [9.17, 15) is 5.11 Å². The minimum Gasteiger partial charge on any atom is -0.385 e. The van der Waals surface area contributed by atoms with E-state index >= 15 is 0 Å². The van der Waals surface area contributed by atoms with Crippen LogP contribution in [0.1, 0.15) is 43.6 Å². The maximum atomic E-state index is 11.2. The van der Waals surface area contributed by atoms with Crippen molar-refractivity contribution >= 4 is 0 Å². The number of nitrogens with zero attached hydrogens (tertiary/aromatic N) is 3. The average Bonchev–Trinajstić information content (AvgIpc) is 2.85. The van der Waals surface area contributed by atoms with Crippen LogP contribution in [0.2, 0.25) is 0 Å². The van der Waals surface area contributed by atoms with E-state index in [1.165, 1.54) is 5.56 Å². The number of aryl methyl sites for hydroxylation is 1. The third-order valence-electron chi connectivity index (χ3n) is 4.24. The normalized spacial score (nSPS) is 21.5. The molecule has 1 aliphatic rings. The molecular formula is C17H23N3O. The highest BCUT2D eigenvalue weighted by Gasteiger charge is 2.35. The molecule has 1 unspecified atom stereocenters. The van der Waals surface area contributed by atoms with Gasteiger partial charge in [0.25, 0.3) is 0 Å². The Labute approximate surface area is 125 Å². The minimum absolute atomic E-state index is 0.513. The van der Waals surface area contributed by atoms with Crippen LogP contribution in [0.5, 0.6) is 0 Å². The molecule has 0 spiro atoms. The zero-order valence-electron chi connectivity index (χ0n) is 12.8. The highest BCUT2D eigenvalue weighted by Crippen LogP contribution is 2.37. The first-order chi connectivity index (χ1) is 10.1. The van der Waals surface area contributed by atoms with Crippen LogP contribution < -0.4 is 0 Å². The van der Waals surface area contributed by atoms with Crippen molar-refractivity contribution in [2.24, 2.45) is 5.92 Å². The van der Waals surface area contributed by atoms with E-state index in [4.69, 9.17) is 0 Å². The average molecular weight is 285 g/mol. The van der Waals surface area contributed by atoms with Crippen LogP contribution in [0.4, 0.5) is 0 Å². The molecule has 1 aliphatic carbocycles. The second kappa shape index (κ2) is 5.60. The molecule has 1 N–H and O–H groups in total. The summed E-state index contributed by atoms with van der Waals surface area (Å²) in [6, 6.07) is 8.23. The van der Waals surface area contributed by atoms with Crippen LogP contribution in [-0.2, 0) is 25.0 Å². The fourth-order valence-electron chi connectivity index (χ4n) is 3.27. The SMILES string of the molecule is CC(C)Cn1ncnc1CC1(O)CCCc2ccccc21. The van der Waals surface area contributed by atoms with Gasteiger partial charge in [0.05, 0.1) is 5.60 Å². The van der Waals surface area contributed by atoms with Crippen LogP contribution in [-0.4, -0.2) is 19.9 Å². The van der Waals surface area contributed by atoms with Crippen molar-refractivity contribution in [1.29, 1.82) is 0 Å². The zero-order chi connectivity index (χ0) is 14.9. The smallest absolute Gasteiger partial charge is 0.138 e. The van der Waals surface area contributed by atoms with E-state index in [1.807, 2.05) is 16.8 Å². The quantitative estimate of drug-likeness (QED) is 0.939. The topological polar surface area (TPSA) is 50.9 Å². The summed E-state index contributed by atoms with van der Waals surface area (Å²) in [6.45, 7) is 5.17. The molecule has 1 heterocycles. The van der Waals surface area contributed by atoms with Gasteiger partial charge in [0, 0.05) is 13.0 Å². The van der Waals surface area contributed by atoms with Gasteiger partial charge in [0.1, 0.15) is 12.2 Å². The fraction of sp³-hybridized carbons (Fsp3) is 0.529. The predicted molar refractivity (Wildman–Crippen MR) is 81.8 cm³/mol. The Morgan fingerprint density at radius 3 is 2.95 bits per heavy atom. The Hall–Kier alpha value is -1.68. The van der Waals surface area contributed by atoms with Crippen LogP contribution in [0.3, 0.4) is 0 Å². The van der Waals surface area contributed by atoms with Crippen LogP contribution in [0.25, 0.3) is 0 Å². The third-order valence-corrected chi connectivity index (χ3v) is 4.24. The van der Waals surface area contributed by atoms with Gasteiger partial charge in [-0.05, 0) is 36.3 Å². The van der Waals surface area contributed by atoms with E-state index < -0.39 is 5.60 Å². The summed E-state index contributed by atoms with van der Waals surface area (Å²) >= 11 is 0. The second-order valence-corrected chi connectivity index (χ2v) is 6.47. The van der Waals surface area contributed by atoms with E-state index in [0.717, 1.165) is 37.2 Å². The van der Waals surface area contributed by atoms with Gasteiger partial charge in [-0.25, -0.2) is 9.67 Å². The number of aliphatic hydroxyl groups is 1. The number of hydrogen-bond acceptors (Lipinski definition) is 3. The first-order valence-corrected chi connectivity index (χ1v) is 7.76. The number of rotatable bonds is 4. The highest BCUT2D eigenvalue weighted by atomic mass is 16.3. The second-order valence-electron chi connectivity index (χ2n) is 6.47. The fourth-order valence-corrected chi connectivity index (χ4v) is 3.27. The van der Waals surface area contributed by atoms with Crippen molar-refractivity contribution in [3.05, 3.63) is 47.5 Å². The van der Waals surface area contributed by atoms with Gasteiger partial charge in [-0.15, -0.1) is 0 Å². The van der Waals surface area contributed by atoms with Crippen molar-refractivity contribution in [2.75, 3.05) is 0 Å². The molecule has 0 aliphatic heterocycles. The van der Waals surface area contributed by atoms with Gasteiger partial charge in [-0.1, -0.05) is 38.1 Å². The molecule has 4 nitrogen and oxygen atoms in total. The van der Waals surface area contributed by atoms with Crippen LogP contribution in [0.15, 0.2) is 30.6 Å². The highest BCUT2D eigenvalue weighted by molar-refractivity contribution is 5.35. The molecule has 1 atom stereocenters.